The maximum atomic E-state index is 12.0. The molecule has 0 radical (unpaired) electrons. The predicted octanol–water partition coefficient (Wildman–Crippen LogP) is 2.27. The Morgan fingerprint density at radius 3 is 2.68 bits per heavy atom. The Bertz CT molecular complexity index is 378. The van der Waals surface area contributed by atoms with Gasteiger partial charge in [0, 0.05) is 18.8 Å². The fourth-order valence-electron chi connectivity index (χ4n) is 2.21. The number of carbonyl (C=O) groups is 1. The van der Waals surface area contributed by atoms with Crippen molar-refractivity contribution >= 4 is 5.91 Å². The first kappa shape index (κ1) is 15.6. The summed E-state index contributed by atoms with van der Waals surface area (Å²) in [6, 6.07) is 3.82. The van der Waals surface area contributed by atoms with Gasteiger partial charge in [-0.25, -0.2) is 0 Å². The molecule has 4 nitrogen and oxygen atoms in total. The number of hydrogen-bond acceptors (Lipinski definition) is 3. The van der Waals surface area contributed by atoms with Crippen LogP contribution in [0.3, 0.4) is 0 Å². The van der Waals surface area contributed by atoms with Crippen molar-refractivity contribution in [2.45, 2.75) is 39.7 Å². The van der Waals surface area contributed by atoms with Gasteiger partial charge in [0.1, 0.15) is 0 Å². The zero-order valence-corrected chi connectivity index (χ0v) is 12.1. The Morgan fingerprint density at radius 2 is 2.16 bits per heavy atom. The number of amides is 1. The lowest BCUT2D eigenvalue weighted by molar-refractivity contribution is -0.122. The molecule has 0 saturated heterocycles. The molecule has 1 rings (SSSR count). The average Bonchev–Trinajstić information content (AvgIpc) is 2.38. The van der Waals surface area contributed by atoms with Gasteiger partial charge in [0.15, 0.2) is 0 Å². The molecule has 2 atom stereocenters. The highest BCUT2D eigenvalue weighted by Crippen LogP contribution is 2.16. The molecule has 2 unspecified atom stereocenters. The van der Waals surface area contributed by atoms with Crippen molar-refractivity contribution in [2.75, 3.05) is 6.54 Å². The van der Waals surface area contributed by atoms with Gasteiger partial charge in [-0.2, -0.15) is 0 Å². The first-order chi connectivity index (χ1) is 9.02. The minimum atomic E-state index is -0.0151. The normalized spacial score (nSPS) is 14.2. The van der Waals surface area contributed by atoms with Crippen LogP contribution in [0.1, 0.15) is 45.2 Å². The van der Waals surface area contributed by atoms with Crippen LogP contribution in [0.5, 0.6) is 0 Å². The number of carbonyl (C=O) groups excluding carboxylic acids is 1. The van der Waals surface area contributed by atoms with Gasteiger partial charge in [0.2, 0.25) is 5.91 Å². The average molecular weight is 263 g/mol. The molecule has 0 spiro atoms. The van der Waals surface area contributed by atoms with E-state index in [4.69, 9.17) is 5.73 Å². The Morgan fingerprint density at radius 1 is 1.42 bits per heavy atom. The van der Waals surface area contributed by atoms with Crippen LogP contribution < -0.4 is 11.1 Å². The van der Waals surface area contributed by atoms with Crippen molar-refractivity contribution in [1.82, 2.24) is 10.3 Å². The summed E-state index contributed by atoms with van der Waals surface area (Å²) in [4.78, 5) is 16.0. The van der Waals surface area contributed by atoms with Crippen LogP contribution in [0.4, 0.5) is 0 Å². The molecule has 4 heteroatoms. The number of rotatable bonds is 7. The Labute approximate surface area is 115 Å². The van der Waals surface area contributed by atoms with E-state index in [9.17, 15) is 4.79 Å². The number of aromatic nitrogens is 1. The molecule has 3 N–H and O–H groups in total. The lowest BCUT2D eigenvalue weighted by atomic mass is 9.94. The molecular formula is C15H25N3O. The van der Waals surface area contributed by atoms with Gasteiger partial charge in [0.25, 0.3) is 0 Å². The summed E-state index contributed by atoms with van der Waals surface area (Å²) in [6.07, 6.45) is 5.00. The highest BCUT2D eigenvalue weighted by atomic mass is 16.1. The standard InChI is InChI=1S/C15H25N3O/c1-11(2)7-13(9-16)8-15(19)18-12(3)14-5-4-6-17-10-14/h4-6,10-13H,7-9,16H2,1-3H3,(H,18,19). The summed E-state index contributed by atoms with van der Waals surface area (Å²) in [5.41, 5.74) is 6.74. The highest BCUT2D eigenvalue weighted by molar-refractivity contribution is 5.76. The molecule has 19 heavy (non-hydrogen) atoms. The molecule has 1 heterocycles. The maximum absolute atomic E-state index is 12.0. The second-order valence-corrected chi connectivity index (χ2v) is 5.51. The van der Waals surface area contributed by atoms with Crippen LogP contribution in [0.25, 0.3) is 0 Å². The Kier molecular flexibility index (Phi) is 6.50. The van der Waals surface area contributed by atoms with Crippen LogP contribution in [0.15, 0.2) is 24.5 Å². The first-order valence-electron chi connectivity index (χ1n) is 6.92. The second kappa shape index (κ2) is 7.89. The van der Waals surface area contributed by atoms with Crippen molar-refractivity contribution in [1.29, 1.82) is 0 Å². The number of nitrogens with one attached hydrogen (secondary N) is 1. The maximum Gasteiger partial charge on any atom is 0.220 e. The molecule has 0 aromatic carbocycles. The SMILES string of the molecule is CC(C)CC(CN)CC(=O)NC(C)c1cccnc1. The van der Waals surface area contributed by atoms with E-state index in [1.807, 2.05) is 19.1 Å². The van der Waals surface area contributed by atoms with Crippen molar-refractivity contribution in [3.63, 3.8) is 0 Å². The van der Waals surface area contributed by atoms with E-state index in [0.717, 1.165) is 12.0 Å². The van der Waals surface area contributed by atoms with Crippen molar-refractivity contribution in [3.05, 3.63) is 30.1 Å². The molecule has 0 saturated carbocycles. The third kappa shape index (κ3) is 5.83. The van der Waals surface area contributed by atoms with Crippen LogP contribution >= 0.6 is 0 Å². The third-order valence-electron chi connectivity index (χ3n) is 3.17. The summed E-state index contributed by atoms with van der Waals surface area (Å²) in [5, 5.41) is 3.00. The minimum Gasteiger partial charge on any atom is -0.350 e. The van der Waals surface area contributed by atoms with E-state index in [0.29, 0.717) is 18.9 Å². The monoisotopic (exact) mass is 263 g/mol. The Hall–Kier alpha value is -1.42. The number of pyridine rings is 1. The quantitative estimate of drug-likeness (QED) is 0.793. The number of nitrogens with zero attached hydrogens (tertiary/aromatic N) is 1. The second-order valence-electron chi connectivity index (χ2n) is 5.51. The topological polar surface area (TPSA) is 68.0 Å². The fraction of sp³-hybridized carbons (Fsp3) is 0.600. The molecule has 1 aromatic rings. The van der Waals surface area contributed by atoms with Gasteiger partial charge in [0.05, 0.1) is 6.04 Å². The van der Waals surface area contributed by atoms with E-state index in [2.05, 4.69) is 24.1 Å². The zero-order valence-electron chi connectivity index (χ0n) is 12.1. The molecule has 0 bridgehead atoms. The van der Waals surface area contributed by atoms with Crippen LogP contribution in [0.2, 0.25) is 0 Å². The fourth-order valence-corrected chi connectivity index (χ4v) is 2.21. The van der Waals surface area contributed by atoms with Crippen LogP contribution in [-0.2, 0) is 4.79 Å². The number of nitrogens with two attached hydrogens (primary N) is 1. The van der Waals surface area contributed by atoms with Crippen molar-refractivity contribution in [3.8, 4) is 0 Å². The van der Waals surface area contributed by atoms with Crippen molar-refractivity contribution in [2.24, 2.45) is 17.6 Å². The van der Waals surface area contributed by atoms with Gasteiger partial charge in [-0.1, -0.05) is 19.9 Å². The van der Waals surface area contributed by atoms with E-state index in [1.165, 1.54) is 0 Å². The third-order valence-corrected chi connectivity index (χ3v) is 3.17. The Balaban J connectivity index is 2.46. The molecule has 1 aromatic heterocycles. The first-order valence-corrected chi connectivity index (χ1v) is 6.92. The summed E-state index contributed by atoms with van der Waals surface area (Å²) in [6.45, 7) is 6.83. The number of hydrogen-bond donors (Lipinski definition) is 2. The molecule has 0 aliphatic carbocycles. The smallest absolute Gasteiger partial charge is 0.220 e. The lowest BCUT2D eigenvalue weighted by Crippen LogP contribution is -2.30. The summed E-state index contributed by atoms with van der Waals surface area (Å²) in [7, 11) is 0. The van der Waals surface area contributed by atoms with Crippen LogP contribution in [-0.4, -0.2) is 17.4 Å². The van der Waals surface area contributed by atoms with E-state index in [-0.39, 0.29) is 17.9 Å². The van der Waals surface area contributed by atoms with Crippen molar-refractivity contribution < 1.29 is 4.79 Å². The molecule has 1 amide bonds. The molecule has 106 valence electrons. The van der Waals surface area contributed by atoms with Crippen LogP contribution in [0, 0.1) is 11.8 Å². The van der Waals surface area contributed by atoms with Gasteiger partial charge in [-0.05, 0) is 43.4 Å². The highest BCUT2D eigenvalue weighted by Gasteiger charge is 2.16. The van der Waals surface area contributed by atoms with E-state index in [1.54, 1.807) is 12.4 Å². The molecule has 0 fully saturated rings. The summed E-state index contributed by atoms with van der Waals surface area (Å²) < 4.78 is 0. The molecule has 0 aliphatic rings. The zero-order chi connectivity index (χ0) is 14.3. The van der Waals surface area contributed by atoms with Gasteiger partial charge >= 0.3 is 0 Å². The molecule has 0 aliphatic heterocycles. The largest absolute Gasteiger partial charge is 0.350 e. The summed E-state index contributed by atoms with van der Waals surface area (Å²) in [5.74, 6) is 0.894. The molecular weight excluding hydrogens is 238 g/mol. The lowest BCUT2D eigenvalue weighted by Gasteiger charge is -2.19. The summed E-state index contributed by atoms with van der Waals surface area (Å²) >= 11 is 0. The van der Waals surface area contributed by atoms with E-state index >= 15 is 0 Å². The van der Waals surface area contributed by atoms with Gasteiger partial charge < -0.3 is 11.1 Å². The van der Waals surface area contributed by atoms with Gasteiger partial charge in [-0.3, -0.25) is 9.78 Å². The predicted molar refractivity (Wildman–Crippen MR) is 77.4 cm³/mol. The minimum absolute atomic E-state index is 0.0151. The van der Waals surface area contributed by atoms with Gasteiger partial charge in [-0.15, -0.1) is 0 Å². The van der Waals surface area contributed by atoms with E-state index < -0.39 is 0 Å².